The molecule has 0 atom stereocenters. The van der Waals surface area contributed by atoms with Crippen LogP contribution in [-0.4, -0.2) is 10.2 Å². The first-order valence-electron chi connectivity index (χ1n) is 6.63. The van der Waals surface area contributed by atoms with Gasteiger partial charge in [-0.1, -0.05) is 40.9 Å². The van der Waals surface area contributed by atoms with Gasteiger partial charge in [-0.2, -0.15) is 0 Å². The van der Waals surface area contributed by atoms with E-state index in [9.17, 15) is 4.79 Å². The minimum atomic E-state index is -0.564. The number of aromatic nitrogens is 1. The van der Waals surface area contributed by atoms with Crippen molar-refractivity contribution in [1.82, 2.24) is 4.98 Å². The van der Waals surface area contributed by atoms with E-state index in [1.807, 2.05) is 6.92 Å². The summed E-state index contributed by atoms with van der Waals surface area (Å²) in [5.74, 6) is 0. The molecule has 3 aromatic rings. The molecule has 116 valence electrons. The third kappa shape index (κ3) is 3.05. The molecule has 0 aliphatic carbocycles. The van der Waals surface area contributed by atoms with Crippen LogP contribution in [0.15, 0.2) is 36.4 Å². The highest BCUT2D eigenvalue weighted by molar-refractivity contribution is 6.68. The van der Waals surface area contributed by atoms with Crippen LogP contribution in [0, 0.1) is 6.92 Å². The molecular weight excluding hydrogens is 376 g/mol. The lowest BCUT2D eigenvalue weighted by atomic mass is 10.0. The molecule has 0 fully saturated rings. The first-order valence-corrected chi connectivity index (χ1v) is 8.15. The molecule has 0 bridgehead atoms. The maximum Gasteiger partial charge on any atom is 0.253 e. The largest absolute Gasteiger partial charge is 0.276 e. The van der Waals surface area contributed by atoms with Crippen molar-refractivity contribution in [2.45, 2.75) is 6.92 Å². The van der Waals surface area contributed by atoms with Gasteiger partial charge in [-0.25, -0.2) is 4.98 Å². The number of nitrogens with zero attached hydrogens (tertiary/aromatic N) is 1. The summed E-state index contributed by atoms with van der Waals surface area (Å²) in [6, 6.07) is 10.2. The lowest BCUT2D eigenvalue weighted by Crippen LogP contribution is -1.98. The maximum absolute atomic E-state index is 11.8. The topological polar surface area (TPSA) is 30.0 Å². The molecule has 6 heteroatoms. The van der Waals surface area contributed by atoms with Gasteiger partial charge in [0.25, 0.3) is 5.24 Å². The van der Waals surface area contributed by atoms with Crippen LogP contribution in [0.1, 0.15) is 15.9 Å². The summed E-state index contributed by atoms with van der Waals surface area (Å²) in [4.78, 5) is 16.4. The van der Waals surface area contributed by atoms with E-state index in [2.05, 4.69) is 4.98 Å². The predicted octanol–water partition coefficient (Wildman–Crippen LogP) is 6.55. The second-order valence-electron chi connectivity index (χ2n) is 5.02. The smallest absolute Gasteiger partial charge is 0.253 e. The van der Waals surface area contributed by atoms with E-state index >= 15 is 0 Å². The fraction of sp³-hybridized carbons (Fsp3) is 0.0588. The number of pyridine rings is 1. The van der Waals surface area contributed by atoms with Crippen molar-refractivity contribution < 1.29 is 4.79 Å². The molecule has 0 aliphatic rings. The molecule has 0 unspecified atom stereocenters. The number of hydrogen-bond donors (Lipinski definition) is 0. The Morgan fingerprint density at radius 2 is 1.74 bits per heavy atom. The van der Waals surface area contributed by atoms with Gasteiger partial charge in [0, 0.05) is 26.6 Å². The van der Waals surface area contributed by atoms with Crippen LogP contribution in [-0.2, 0) is 0 Å². The molecule has 0 aliphatic heterocycles. The summed E-state index contributed by atoms with van der Waals surface area (Å²) in [5, 5.41) is 1.62. The number of aryl methyl sites for hydroxylation is 1. The van der Waals surface area contributed by atoms with Crippen LogP contribution in [0.25, 0.3) is 22.2 Å². The lowest BCUT2D eigenvalue weighted by Gasteiger charge is -2.11. The molecule has 1 heterocycles. The summed E-state index contributed by atoms with van der Waals surface area (Å²) < 4.78 is 0. The van der Waals surface area contributed by atoms with Gasteiger partial charge in [-0.3, -0.25) is 4.79 Å². The zero-order valence-electron chi connectivity index (χ0n) is 11.8. The number of carbonyl (C=O) groups is 1. The van der Waals surface area contributed by atoms with E-state index < -0.39 is 5.24 Å². The molecule has 0 amide bonds. The molecule has 2 nitrogen and oxygen atoms in total. The van der Waals surface area contributed by atoms with Crippen molar-refractivity contribution >= 4 is 62.5 Å². The highest BCUT2D eigenvalue weighted by Crippen LogP contribution is 2.34. The van der Waals surface area contributed by atoms with Gasteiger partial charge in [0.2, 0.25) is 0 Å². The van der Waals surface area contributed by atoms with Gasteiger partial charge >= 0.3 is 0 Å². The zero-order valence-corrected chi connectivity index (χ0v) is 14.9. The summed E-state index contributed by atoms with van der Waals surface area (Å²) in [7, 11) is 0. The van der Waals surface area contributed by atoms with Crippen LogP contribution >= 0.6 is 46.4 Å². The van der Waals surface area contributed by atoms with Gasteiger partial charge in [0.05, 0.1) is 16.2 Å². The standard InChI is InChI=1S/C17H9Cl4NO/c1-8-13(19)5-4-10-12(17(21)23)7-15(22-16(8)10)11-3-2-9(18)6-14(11)20/h2-7H,1H3. The number of hydrogen-bond acceptors (Lipinski definition) is 2. The van der Waals surface area contributed by atoms with Crippen molar-refractivity contribution in [2.75, 3.05) is 0 Å². The van der Waals surface area contributed by atoms with Gasteiger partial charge in [0.1, 0.15) is 0 Å². The number of fused-ring (bicyclic) bond motifs is 1. The van der Waals surface area contributed by atoms with Gasteiger partial charge in [-0.05, 0) is 54.4 Å². The summed E-state index contributed by atoms with van der Waals surface area (Å²) in [6.45, 7) is 1.84. The molecule has 0 radical (unpaired) electrons. The van der Waals surface area contributed by atoms with Gasteiger partial charge in [-0.15, -0.1) is 0 Å². The first kappa shape index (κ1) is 16.5. The third-order valence-corrected chi connectivity index (χ3v) is 4.75. The van der Waals surface area contributed by atoms with Crippen molar-refractivity contribution in [2.24, 2.45) is 0 Å². The molecule has 0 saturated heterocycles. The zero-order chi connectivity index (χ0) is 16.7. The second-order valence-corrected chi connectivity index (χ2v) is 6.62. The van der Waals surface area contributed by atoms with Gasteiger partial charge < -0.3 is 0 Å². The Kier molecular flexibility index (Phi) is 4.52. The van der Waals surface area contributed by atoms with Crippen LogP contribution in [0.2, 0.25) is 15.1 Å². The molecular formula is C17H9Cl4NO. The summed E-state index contributed by atoms with van der Waals surface area (Å²) in [5.41, 5.74) is 2.95. The Morgan fingerprint density at radius 3 is 2.39 bits per heavy atom. The Morgan fingerprint density at radius 1 is 1.00 bits per heavy atom. The molecule has 23 heavy (non-hydrogen) atoms. The van der Waals surface area contributed by atoms with E-state index in [4.69, 9.17) is 46.4 Å². The molecule has 0 spiro atoms. The second kappa shape index (κ2) is 6.29. The number of benzene rings is 2. The Balaban J connectivity index is 2.38. The monoisotopic (exact) mass is 383 g/mol. The minimum absolute atomic E-state index is 0.359. The van der Waals surface area contributed by atoms with Crippen LogP contribution in [0.4, 0.5) is 0 Å². The number of halogens is 4. The number of rotatable bonds is 2. The van der Waals surface area contributed by atoms with E-state index in [0.29, 0.717) is 42.8 Å². The highest BCUT2D eigenvalue weighted by Gasteiger charge is 2.16. The molecule has 2 aromatic carbocycles. The minimum Gasteiger partial charge on any atom is -0.276 e. The van der Waals surface area contributed by atoms with Crippen LogP contribution < -0.4 is 0 Å². The Hall–Kier alpha value is -1.32. The average Bonchev–Trinajstić information content (AvgIpc) is 2.50. The fourth-order valence-electron chi connectivity index (χ4n) is 2.40. The van der Waals surface area contributed by atoms with Crippen LogP contribution in [0.5, 0.6) is 0 Å². The van der Waals surface area contributed by atoms with E-state index in [1.165, 1.54) is 0 Å². The SMILES string of the molecule is Cc1c(Cl)ccc2c(C(=O)Cl)cc(-c3ccc(Cl)cc3Cl)nc12. The Labute approximate surface area is 152 Å². The fourth-order valence-corrected chi connectivity index (χ4v) is 3.22. The van der Waals surface area contributed by atoms with Crippen molar-refractivity contribution in [3.05, 3.63) is 62.6 Å². The van der Waals surface area contributed by atoms with E-state index in [0.717, 1.165) is 5.56 Å². The lowest BCUT2D eigenvalue weighted by molar-refractivity contribution is 0.108. The normalized spacial score (nSPS) is 11.0. The van der Waals surface area contributed by atoms with Gasteiger partial charge in [0.15, 0.2) is 0 Å². The molecule has 1 aromatic heterocycles. The quantitative estimate of drug-likeness (QED) is 0.469. The molecule has 0 N–H and O–H groups in total. The predicted molar refractivity (Wildman–Crippen MR) is 97.1 cm³/mol. The summed E-state index contributed by atoms with van der Waals surface area (Å²) in [6.07, 6.45) is 0. The van der Waals surface area contributed by atoms with Crippen LogP contribution in [0.3, 0.4) is 0 Å². The highest BCUT2D eigenvalue weighted by atomic mass is 35.5. The van der Waals surface area contributed by atoms with Crippen molar-refractivity contribution in [1.29, 1.82) is 0 Å². The van der Waals surface area contributed by atoms with E-state index in [-0.39, 0.29) is 0 Å². The molecule has 3 rings (SSSR count). The number of carbonyl (C=O) groups excluding carboxylic acids is 1. The Bertz CT molecular complexity index is 953. The summed E-state index contributed by atoms with van der Waals surface area (Å²) >= 11 is 24.1. The average molecular weight is 385 g/mol. The first-order chi connectivity index (χ1) is 10.9. The third-order valence-electron chi connectivity index (χ3n) is 3.59. The van der Waals surface area contributed by atoms with Crippen molar-refractivity contribution in [3.8, 4) is 11.3 Å². The molecule has 0 saturated carbocycles. The van der Waals surface area contributed by atoms with E-state index in [1.54, 1.807) is 36.4 Å². The maximum atomic E-state index is 11.8. The van der Waals surface area contributed by atoms with Crippen molar-refractivity contribution in [3.63, 3.8) is 0 Å².